The van der Waals surface area contributed by atoms with Crippen molar-refractivity contribution in [1.29, 1.82) is 0 Å². The third kappa shape index (κ3) is 4.21. The molecule has 0 aromatic heterocycles. The summed E-state index contributed by atoms with van der Waals surface area (Å²) in [4.78, 5) is 25.0. The number of rotatable bonds is 5. The van der Waals surface area contributed by atoms with Gasteiger partial charge in [-0.1, -0.05) is 0 Å². The number of hydrogen-bond donors (Lipinski definition) is 1. The Labute approximate surface area is 140 Å². The first-order chi connectivity index (χ1) is 11.3. The molecule has 1 fully saturated rings. The molecule has 0 bridgehead atoms. The summed E-state index contributed by atoms with van der Waals surface area (Å²) in [5, 5.41) is 13.7. The first-order valence-corrected chi connectivity index (χ1v) is 7.84. The smallest absolute Gasteiger partial charge is 0.271 e. The van der Waals surface area contributed by atoms with Gasteiger partial charge in [0.05, 0.1) is 36.0 Å². The summed E-state index contributed by atoms with van der Waals surface area (Å²) in [5.74, 6) is 0.139. The average Bonchev–Trinajstić information content (AvgIpc) is 2.52. The molecule has 24 heavy (non-hydrogen) atoms. The Bertz CT molecular complexity index is 612. The van der Waals surface area contributed by atoms with Gasteiger partial charge in [0.2, 0.25) is 5.91 Å². The summed E-state index contributed by atoms with van der Waals surface area (Å²) in [6.07, 6.45) is 0.104. The van der Waals surface area contributed by atoms with Crippen LogP contribution in [0.3, 0.4) is 0 Å². The highest BCUT2D eigenvalue weighted by Crippen LogP contribution is 2.29. The van der Waals surface area contributed by atoms with E-state index in [1.165, 1.54) is 25.3 Å². The van der Waals surface area contributed by atoms with E-state index >= 15 is 0 Å². The quantitative estimate of drug-likeness (QED) is 0.653. The zero-order valence-electron chi connectivity index (χ0n) is 14.3. The van der Waals surface area contributed by atoms with Crippen molar-refractivity contribution in [3.8, 4) is 5.75 Å². The van der Waals surface area contributed by atoms with Gasteiger partial charge < -0.3 is 14.8 Å². The van der Waals surface area contributed by atoms with Gasteiger partial charge in [0.25, 0.3) is 5.69 Å². The van der Waals surface area contributed by atoms with Gasteiger partial charge in [-0.3, -0.25) is 19.8 Å². The van der Waals surface area contributed by atoms with Crippen LogP contribution in [0, 0.1) is 10.1 Å². The normalized spacial score (nSPS) is 22.7. The predicted octanol–water partition coefficient (Wildman–Crippen LogP) is 2.04. The number of hydrogen-bond acceptors (Lipinski definition) is 6. The Balaban J connectivity index is 2.13. The van der Waals surface area contributed by atoms with Gasteiger partial charge in [-0.25, -0.2) is 0 Å². The topological polar surface area (TPSA) is 93.9 Å². The molecule has 3 atom stereocenters. The number of morpholine rings is 1. The Morgan fingerprint density at radius 3 is 2.58 bits per heavy atom. The van der Waals surface area contributed by atoms with Gasteiger partial charge in [-0.2, -0.15) is 0 Å². The molecule has 1 N–H and O–H groups in total. The van der Waals surface area contributed by atoms with Gasteiger partial charge in [0, 0.05) is 25.2 Å². The van der Waals surface area contributed by atoms with Crippen molar-refractivity contribution >= 4 is 17.3 Å². The summed E-state index contributed by atoms with van der Waals surface area (Å²) in [6.45, 7) is 7.06. The van der Waals surface area contributed by atoms with Gasteiger partial charge in [0.15, 0.2) is 0 Å². The number of methoxy groups -OCH3 is 1. The average molecular weight is 337 g/mol. The zero-order chi connectivity index (χ0) is 17.9. The number of amides is 1. The number of nitro groups is 1. The second-order valence-electron chi connectivity index (χ2n) is 6.02. The molecule has 1 saturated heterocycles. The summed E-state index contributed by atoms with van der Waals surface area (Å²) in [5.41, 5.74) is 0.185. The number of carbonyl (C=O) groups excluding carboxylic acids is 1. The number of nitro benzene ring substituents is 1. The molecule has 0 unspecified atom stereocenters. The van der Waals surface area contributed by atoms with Crippen LogP contribution < -0.4 is 10.1 Å². The number of nitrogens with zero attached hydrogens (tertiary/aromatic N) is 2. The SMILES string of the molecule is COc1ccc([N+](=O)[O-])cc1NC(=O)[C@H](C)N1C[C@@H](C)O[C@H](C)C1. The van der Waals surface area contributed by atoms with Gasteiger partial charge >= 0.3 is 0 Å². The zero-order valence-corrected chi connectivity index (χ0v) is 14.3. The second-order valence-corrected chi connectivity index (χ2v) is 6.02. The van der Waals surface area contributed by atoms with E-state index in [9.17, 15) is 14.9 Å². The maximum absolute atomic E-state index is 12.6. The van der Waals surface area contributed by atoms with Crippen molar-refractivity contribution in [2.24, 2.45) is 0 Å². The molecular weight excluding hydrogens is 314 g/mol. The number of ether oxygens (including phenoxy) is 2. The van der Waals surface area contributed by atoms with E-state index in [4.69, 9.17) is 9.47 Å². The van der Waals surface area contributed by atoms with Crippen LogP contribution in [0.2, 0.25) is 0 Å². The van der Waals surface area contributed by atoms with Crippen LogP contribution in [0.1, 0.15) is 20.8 Å². The monoisotopic (exact) mass is 337 g/mol. The van der Waals surface area contributed by atoms with Crippen molar-refractivity contribution in [2.45, 2.75) is 39.0 Å². The van der Waals surface area contributed by atoms with Crippen molar-refractivity contribution < 1.29 is 19.2 Å². The van der Waals surface area contributed by atoms with E-state index in [0.717, 1.165) is 0 Å². The Kier molecular flexibility index (Phi) is 5.74. The second kappa shape index (κ2) is 7.59. The summed E-state index contributed by atoms with van der Waals surface area (Å²) in [7, 11) is 1.45. The molecule has 1 amide bonds. The van der Waals surface area contributed by atoms with Crippen LogP contribution in [0.25, 0.3) is 0 Å². The molecule has 0 spiro atoms. The van der Waals surface area contributed by atoms with Crippen LogP contribution in [-0.2, 0) is 9.53 Å². The number of non-ortho nitro benzene ring substituents is 1. The maximum Gasteiger partial charge on any atom is 0.271 e. The van der Waals surface area contributed by atoms with E-state index in [1.54, 1.807) is 0 Å². The first kappa shape index (κ1) is 18.2. The van der Waals surface area contributed by atoms with E-state index in [1.807, 2.05) is 25.7 Å². The lowest BCUT2D eigenvalue weighted by Crippen LogP contribution is -2.52. The molecule has 2 rings (SSSR count). The molecule has 0 radical (unpaired) electrons. The summed E-state index contributed by atoms with van der Waals surface area (Å²) >= 11 is 0. The van der Waals surface area contributed by atoms with Crippen molar-refractivity contribution in [3.05, 3.63) is 28.3 Å². The Morgan fingerprint density at radius 1 is 1.42 bits per heavy atom. The number of anilines is 1. The highest BCUT2D eigenvalue weighted by Gasteiger charge is 2.29. The van der Waals surface area contributed by atoms with Crippen LogP contribution >= 0.6 is 0 Å². The van der Waals surface area contributed by atoms with Crippen LogP contribution in [0.5, 0.6) is 5.75 Å². The van der Waals surface area contributed by atoms with Crippen LogP contribution in [-0.4, -0.2) is 54.2 Å². The molecule has 132 valence electrons. The van der Waals surface area contributed by atoms with Gasteiger partial charge in [-0.05, 0) is 26.8 Å². The minimum atomic E-state index is -0.510. The van der Waals surface area contributed by atoms with E-state index in [2.05, 4.69) is 5.32 Å². The van der Waals surface area contributed by atoms with E-state index in [0.29, 0.717) is 18.8 Å². The van der Waals surface area contributed by atoms with E-state index in [-0.39, 0.29) is 35.5 Å². The Morgan fingerprint density at radius 2 is 2.04 bits per heavy atom. The molecule has 1 heterocycles. The summed E-state index contributed by atoms with van der Waals surface area (Å²) < 4.78 is 10.8. The third-order valence-corrected chi connectivity index (χ3v) is 4.03. The fourth-order valence-electron chi connectivity index (χ4n) is 2.84. The fraction of sp³-hybridized carbons (Fsp3) is 0.562. The standard InChI is InChI=1S/C16H23N3O5/c1-10-8-18(9-11(2)24-10)12(3)16(20)17-14-7-13(19(21)22)5-6-15(14)23-4/h5-7,10-12H,8-9H2,1-4H3,(H,17,20)/t10-,11-,12+/m1/s1. The number of nitrogens with one attached hydrogen (secondary N) is 1. The maximum atomic E-state index is 12.6. The molecule has 0 aliphatic carbocycles. The lowest BCUT2D eigenvalue weighted by molar-refractivity contribution is -0.384. The van der Waals surface area contributed by atoms with Crippen LogP contribution in [0.4, 0.5) is 11.4 Å². The molecule has 0 saturated carbocycles. The first-order valence-electron chi connectivity index (χ1n) is 7.84. The Hall–Kier alpha value is -2.19. The molecular formula is C16H23N3O5. The lowest BCUT2D eigenvalue weighted by Gasteiger charge is -2.38. The molecule has 1 aliphatic rings. The van der Waals surface area contributed by atoms with Gasteiger partial charge in [-0.15, -0.1) is 0 Å². The molecule has 8 nitrogen and oxygen atoms in total. The van der Waals surface area contributed by atoms with Crippen molar-refractivity contribution in [3.63, 3.8) is 0 Å². The lowest BCUT2D eigenvalue weighted by atomic mass is 10.1. The molecule has 8 heteroatoms. The van der Waals surface area contributed by atoms with Crippen LogP contribution in [0.15, 0.2) is 18.2 Å². The van der Waals surface area contributed by atoms with Gasteiger partial charge in [0.1, 0.15) is 5.75 Å². The highest BCUT2D eigenvalue weighted by molar-refractivity contribution is 5.96. The number of benzene rings is 1. The molecule has 1 aliphatic heterocycles. The van der Waals surface area contributed by atoms with Crippen molar-refractivity contribution in [1.82, 2.24) is 4.90 Å². The minimum Gasteiger partial charge on any atom is -0.495 e. The third-order valence-electron chi connectivity index (χ3n) is 4.03. The highest BCUT2D eigenvalue weighted by atomic mass is 16.6. The summed E-state index contributed by atoms with van der Waals surface area (Å²) in [6, 6.07) is 3.72. The largest absolute Gasteiger partial charge is 0.495 e. The fourth-order valence-corrected chi connectivity index (χ4v) is 2.84. The minimum absolute atomic E-state index is 0.0522. The van der Waals surface area contributed by atoms with Crippen molar-refractivity contribution in [2.75, 3.05) is 25.5 Å². The predicted molar refractivity (Wildman–Crippen MR) is 89.3 cm³/mol. The molecule has 1 aromatic carbocycles. The van der Waals surface area contributed by atoms with E-state index < -0.39 is 4.92 Å². The molecule has 1 aromatic rings. The number of carbonyl (C=O) groups is 1.